The Morgan fingerprint density at radius 3 is 1.76 bits per heavy atom. The van der Waals surface area contributed by atoms with Gasteiger partial charge in [0.25, 0.3) is 0 Å². The van der Waals surface area contributed by atoms with Crippen molar-refractivity contribution in [1.82, 2.24) is 0 Å². The zero-order valence-corrected chi connectivity index (χ0v) is 17.7. The van der Waals surface area contributed by atoms with Crippen molar-refractivity contribution in [2.75, 3.05) is 11.5 Å². The summed E-state index contributed by atoms with van der Waals surface area (Å²) < 4.78 is 6.39. The number of hydrogen-bond donors (Lipinski definition) is 0. The molecule has 0 bridgehead atoms. The van der Waals surface area contributed by atoms with Crippen molar-refractivity contribution in [1.29, 1.82) is 0 Å². The number of hydrogen-bond acceptors (Lipinski definition) is 3. The Morgan fingerprint density at radius 1 is 1.00 bits per heavy atom. The molecular formula is C12H22S3Te2. The summed E-state index contributed by atoms with van der Waals surface area (Å²) in [5.41, 5.74) is 0. The molecule has 0 aromatic carbocycles. The van der Waals surface area contributed by atoms with E-state index in [0.29, 0.717) is 41.8 Å². The maximum atomic E-state index is 2.48. The van der Waals surface area contributed by atoms with Gasteiger partial charge in [0.15, 0.2) is 0 Å². The van der Waals surface area contributed by atoms with Gasteiger partial charge in [0.05, 0.1) is 0 Å². The first-order valence-corrected chi connectivity index (χ1v) is 15.9. The molecule has 0 radical (unpaired) electrons. The minimum absolute atomic E-state index is 0.355. The first kappa shape index (κ1) is 16.0. The van der Waals surface area contributed by atoms with E-state index in [9.17, 15) is 0 Å². The third-order valence-corrected chi connectivity index (χ3v) is 16.3. The van der Waals surface area contributed by atoms with Gasteiger partial charge >= 0.3 is 141 Å². The second kappa shape index (κ2) is 8.81. The van der Waals surface area contributed by atoms with Crippen LogP contribution in [0.25, 0.3) is 0 Å². The Kier molecular flexibility index (Phi) is 8.30. The van der Waals surface area contributed by atoms with Crippen LogP contribution in [0, 0.1) is 0 Å². The van der Waals surface area contributed by atoms with E-state index in [-0.39, 0.29) is 0 Å². The summed E-state index contributed by atoms with van der Waals surface area (Å²) in [4.78, 5) is 0. The van der Waals surface area contributed by atoms with Crippen molar-refractivity contribution in [2.24, 2.45) is 0 Å². The summed E-state index contributed by atoms with van der Waals surface area (Å²) in [6.07, 6.45) is 0. The molecule has 17 heavy (non-hydrogen) atoms. The van der Waals surface area contributed by atoms with Crippen LogP contribution < -0.4 is 0 Å². The van der Waals surface area contributed by atoms with E-state index in [0.717, 1.165) is 21.0 Å². The molecule has 2 saturated heterocycles. The average molecular weight is 518 g/mol. The maximum absolute atomic E-state index is 2.48. The van der Waals surface area contributed by atoms with Gasteiger partial charge in [0, 0.05) is 0 Å². The van der Waals surface area contributed by atoms with E-state index in [1.807, 2.05) is 0 Å². The predicted molar refractivity (Wildman–Crippen MR) is 89.7 cm³/mol. The molecule has 0 nitrogen and oxygen atoms in total. The van der Waals surface area contributed by atoms with Gasteiger partial charge in [0.2, 0.25) is 0 Å². The fourth-order valence-corrected chi connectivity index (χ4v) is 14.5. The van der Waals surface area contributed by atoms with Crippen LogP contribution in [0.5, 0.6) is 0 Å². The van der Waals surface area contributed by atoms with Crippen molar-refractivity contribution in [3.05, 3.63) is 0 Å². The summed E-state index contributed by atoms with van der Waals surface area (Å²) >= 11 is 7.37. The van der Waals surface area contributed by atoms with Crippen LogP contribution in [-0.4, -0.2) is 74.4 Å². The first-order valence-electron chi connectivity index (χ1n) is 6.28. The van der Waals surface area contributed by atoms with Crippen molar-refractivity contribution >= 4 is 77.1 Å². The summed E-state index contributed by atoms with van der Waals surface area (Å²) in [6, 6.07) is 0. The normalized spacial score (nSPS) is 30.0. The van der Waals surface area contributed by atoms with Crippen molar-refractivity contribution in [2.45, 2.75) is 52.7 Å². The van der Waals surface area contributed by atoms with E-state index in [1.165, 1.54) is 11.5 Å². The quantitative estimate of drug-likeness (QED) is 0.320. The van der Waals surface area contributed by atoms with Crippen LogP contribution in [0.1, 0.15) is 13.8 Å². The summed E-state index contributed by atoms with van der Waals surface area (Å²) in [5.74, 6) is 2.96. The minimum atomic E-state index is 0.355. The Balaban J connectivity index is 1.42. The predicted octanol–water partition coefficient (Wildman–Crippen LogP) is 3.81. The molecular weight excluding hydrogens is 496 g/mol. The first-order chi connectivity index (χ1) is 8.24. The monoisotopic (exact) mass is 522 g/mol. The molecule has 2 aliphatic heterocycles. The molecule has 5 heteroatoms. The van der Waals surface area contributed by atoms with Gasteiger partial charge in [-0.15, -0.1) is 0 Å². The molecule has 2 aliphatic rings. The Hall–Kier alpha value is 2.63. The van der Waals surface area contributed by atoms with Crippen molar-refractivity contribution in [3.63, 3.8) is 0 Å². The fourth-order valence-electron chi connectivity index (χ4n) is 1.53. The van der Waals surface area contributed by atoms with Crippen LogP contribution in [0.3, 0.4) is 0 Å². The second-order valence-electron chi connectivity index (χ2n) is 4.74. The van der Waals surface area contributed by atoms with Crippen LogP contribution in [0.15, 0.2) is 0 Å². The van der Waals surface area contributed by atoms with E-state index >= 15 is 0 Å². The van der Waals surface area contributed by atoms with Crippen LogP contribution in [0.4, 0.5) is 0 Å². The van der Waals surface area contributed by atoms with Gasteiger partial charge in [-0.1, -0.05) is 0 Å². The molecule has 0 saturated carbocycles. The van der Waals surface area contributed by atoms with Gasteiger partial charge in [0.1, 0.15) is 0 Å². The molecule has 0 amide bonds. The van der Waals surface area contributed by atoms with E-state index in [2.05, 4.69) is 49.1 Å². The standard InChI is InChI=1S/C12H22S3Te2/c1-9(5-16-7-11-3-13-11)15-10(2)6-17-8-12-4-14-12/h9-12H,3-8H2,1-2H3. The Bertz CT molecular complexity index is 198. The molecule has 2 fully saturated rings. The van der Waals surface area contributed by atoms with E-state index < -0.39 is 0 Å². The van der Waals surface area contributed by atoms with Gasteiger partial charge in [-0.25, -0.2) is 0 Å². The molecule has 2 rings (SSSR count). The number of thioether (sulfide) groups is 3. The molecule has 4 unspecified atom stereocenters. The molecule has 0 N–H and O–H groups in total. The third-order valence-electron chi connectivity index (χ3n) is 2.58. The van der Waals surface area contributed by atoms with Crippen LogP contribution in [0.2, 0.25) is 17.9 Å². The molecule has 100 valence electrons. The second-order valence-corrected chi connectivity index (χ2v) is 15.4. The van der Waals surface area contributed by atoms with Crippen molar-refractivity contribution in [3.8, 4) is 0 Å². The summed E-state index contributed by atoms with van der Waals surface area (Å²) in [7, 11) is 0. The zero-order chi connectivity index (χ0) is 12.1. The molecule has 0 aromatic heterocycles. The van der Waals surface area contributed by atoms with E-state index in [1.54, 1.807) is 17.9 Å². The van der Waals surface area contributed by atoms with Gasteiger partial charge in [-0.05, 0) is 0 Å². The Labute approximate surface area is 140 Å². The van der Waals surface area contributed by atoms with Crippen LogP contribution >= 0.6 is 35.3 Å². The van der Waals surface area contributed by atoms with Gasteiger partial charge < -0.3 is 0 Å². The molecule has 0 aliphatic carbocycles. The topological polar surface area (TPSA) is 0 Å². The molecule has 4 atom stereocenters. The average Bonchev–Trinajstić information content (AvgIpc) is 3.12. The van der Waals surface area contributed by atoms with E-state index in [4.69, 9.17) is 0 Å². The van der Waals surface area contributed by atoms with Gasteiger partial charge in [-0.3, -0.25) is 0 Å². The molecule has 0 spiro atoms. The fraction of sp³-hybridized carbons (Fsp3) is 1.00. The summed E-state index contributed by atoms with van der Waals surface area (Å²) in [5, 5.41) is 4.13. The number of rotatable bonds is 10. The molecule has 2 heterocycles. The third kappa shape index (κ3) is 8.49. The van der Waals surface area contributed by atoms with Gasteiger partial charge in [-0.2, -0.15) is 0 Å². The SMILES string of the molecule is CC(C[Te]CC1CS1)SC(C)C[Te]CC1CS1. The van der Waals surface area contributed by atoms with Crippen molar-refractivity contribution < 1.29 is 0 Å². The Morgan fingerprint density at radius 2 is 1.41 bits per heavy atom. The van der Waals surface area contributed by atoms with Crippen LogP contribution in [-0.2, 0) is 0 Å². The summed E-state index contributed by atoms with van der Waals surface area (Å²) in [6.45, 7) is 4.95. The zero-order valence-electron chi connectivity index (χ0n) is 10.6. The molecule has 0 aromatic rings.